The Morgan fingerprint density at radius 1 is 0.765 bits per heavy atom. The van der Waals surface area contributed by atoms with Crippen LogP contribution in [0, 0.1) is 0 Å². The molecule has 2 aliphatic carbocycles. The molecule has 1 heterocycles. The fraction of sp³-hybridized carbons (Fsp3) is 0.125. The first-order valence-electron chi connectivity index (χ1n) is 5.88. The van der Waals surface area contributed by atoms with E-state index in [-0.39, 0.29) is 12.2 Å². The number of rotatable bonds is 0. The van der Waals surface area contributed by atoms with E-state index in [9.17, 15) is 0 Å². The van der Waals surface area contributed by atoms with E-state index in [0.717, 1.165) is 0 Å². The molecule has 1 fully saturated rings. The Morgan fingerprint density at radius 3 is 2.53 bits per heavy atom. The second kappa shape index (κ2) is 4.56. The molecule has 1 saturated heterocycles. The molecule has 2 unspecified atom stereocenters. The molecule has 0 radical (unpaired) electrons. The van der Waals surface area contributed by atoms with Gasteiger partial charge in [0.2, 0.25) is 0 Å². The third-order valence-corrected chi connectivity index (χ3v) is 2.96. The maximum atomic E-state index is 5.68. The van der Waals surface area contributed by atoms with Crippen molar-refractivity contribution in [1.82, 2.24) is 0 Å². The normalized spacial score (nSPS) is 29.6. The Kier molecular flexibility index (Phi) is 2.76. The van der Waals surface area contributed by atoms with E-state index in [0.29, 0.717) is 0 Å². The third-order valence-electron chi connectivity index (χ3n) is 2.96. The predicted octanol–water partition coefficient (Wildman–Crippen LogP) is 3.41. The van der Waals surface area contributed by atoms with Gasteiger partial charge >= 0.3 is 0 Å². The molecule has 0 aromatic rings. The summed E-state index contributed by atoms with van der Waals surface area (Å²) < 4.78 is 5.68. The van der Waals surface area contributed by atoms with Crippen LogP contribution >= 0.6 is 0 Å². The summed E-state index contributed by atoms with van der Waals surface area (Å²) in [6.07, 6.45) is 25.3. The zero-order valence-corrected chi connectivity index (χ0v) is 9.49. The Balaban J connectivity index is 2.05. The highest BCUT2D eigenvalue weighted by molar-refractivity contribution is 5.51. The molecule has 0 saturated carbocycles. The van der Waals surface area contributed by atoms with E-state index in [1.807, 2.05) is 30.4 Å². The number of ether oxygens (including phenoxy) is 1. The Labute approximate surface area is 101 Å². The van der Waals surface area contributed by atoms with Crippen molar-refractivity contribution in [2.24, 2.45) is 0 Å². The van der Waals surface area contributed by atoms with Gasteiger partial charge < -0.3 is 4.74 Å². The molecule has 0 aromatic carbocycles. The summed E-state index contributed by atoms with van der Waals surface area (Å²) >= 11 is 0. The van der Waals surface area contributed by atoms with Crippen molar-refractivity contribution in [3.63, 3.8) is 0 Å². The largest absolute Gasteiger partial charge is 0.360 e. The minimum absolute atomic E-state index is 0.213. The average molecular weight is 222 g/mol. The zero-order chi connectivity index (χ0) is 11.5. The van der Waals surface area contributed by atoms with Crippen LogP contribution in [0.2, 0.25) is 0 Å². The molecule has 3 rings (SSSR count). The molecule has 17 heavy (non-hydrogen) atoms. The van der Waals surface area contributed by atoms with E-state index in [1.165, 1.54) is 11.1 Å². The molecule has 1 aliphatic heterocycles. The first-order chi connectivity index (χ1) is 8.45. The first kappa shape index (κ1) is 10.3. The zero-order valence-electron chi connectivity index (χ0n) is 9.49. The second-order valence-electron chi connectivity index (χ2n) is 4.16. The van der Waals surface area contributed by atoms with Crippen molar-refractivity contribution in [3.8, 4) is 0 Å². The molecule has 0 aromatic heterocycles. The lowest BCUT2D eigenvalue weighted by molar-refractivity contribution is 0.408. The number of hydrogen-bond acceptors (Lipinski definition) is 1. The summed E-state index contributed by atoms with van der Waals surface area (Å²) in [5, 5.41) is 0. The van der Waals surface area contributed by atoms with Gasteiger partial charge in [0.05, 0.1) is 0 Å². The van der Waals surface area contributed by atoms with Crippen molar-refractivity contribution in [1.29, 1.82) is 0 Å². The van der Waals surface area contributed by atoms with Crippen LogP contribution in [-0.2, 0) is 4.74 Å². The number of fused-ring (bicyclic) bond motifs is 3. The lowest BCUT2D eigenvalue weighted by Crippen LogP contribution is -1.98. The fourth-order valence-corrected chi connectivity index (χ4v) is 2.03. The van der Waals surface area contributed by atoms with E-state index in [2.05, 4.69) is 42.5 Å². The minimum atomic E-state index is 0.213. The van der Waals surface area contributed by atoms with Crippen LogP contribution in [0.5, 0.6) is 0 Å². The van der Waals surface area contributed by atoms with Crippen molar-refractivity contribution in [2.75, 3.05) is 0 Å². The molecule has 0 spiro atoms. The highest BCUT2D eigenvalue weighted by Gasteiger charge is 2.40. The Bertz CT molecular complexity index is 510. The van der Waals surface area contributed by atoms with Gasteiger partial charge in [-0.1, -0.05) is 72.9 Å². The van der Waals surface area contributed by atoms with E-state index >= 15 is 0 Å². The van der Waals surface area contributed by atoms with Crippen molar-refractivity contribution in [2.45, 2.75) is 12.2 Å². The summed E-state index contributed by atoms with van der Waals surface area (Å²) in [6, 6.07) is 0. The SMILES string of the molecule is C1=CC=CC2=CC=CC=CC3OC3C2=CC=C1. The first-order valence-corrected chi connectivity index (χ1v) is 5.88. The average Bonchev–Trinajstić information content (AvgIpc) is 3.06. The van der Waals surface area contributed by atoms with Gasteiger partial charge in [-0.2, -0.15) is 0 Å². The van der Waals surface area contributed by atoms with Gasteiger partial charge in [0.25, 0.3) is 0 Å². The van der Waals surface area contributed by atoms with E-state index in [4.69, 9.17) is 4.74 Å². The minimum Gasteiger partial charge on any atom is -0.360 e. The van der Waals surface area contributed by atoms with E-state index < -0.39 is 0 Å². The molecule has 0 bridgehead atoms. The molecule has 84 valence electrons. The van der Waals surface area contributed by atoms with Crippen LogP contribution in [0.1, 0.15) is 0 Å². The summed E-state index contributed by atoms with van der Waals surface area (Å²) in [4.78, 5) is 0. The molecular weight excluding hydrogens is 208 g/mol. The lowest BCUT2D eigenvalue weighted by Gasteiger charge is -2.03. The van der Waals surface area contributed by atoms with Crippen LogP contribution in [0.4, 0.5) is 0 Å². The summed E-state index contributed by atoms with van der Waals surface area (Å²) in [7, 11) is 0. The van der Waals surface area contributed by atoms with Crippen molar-refractivity contribution < 1.29 is 4.74 Å². The Hall–Kier alpha value is -1.86. The summed E-state index contributed by atoms with van der Waals surface area (Å²) in [5.41, 5.74) is 2.47. The van der Waals surface area contributed by atoms with Crippen LogP contribution in [-0.4, -0.2) is 12.2 Å². The van der Waals surface area contributed by atoms with E-state index in [1.54, 1.807) is 0 Å². The molecule has 1 nitrogen and oxygen atoms in total. The quantitative estimate of drug-likeness (QED) is 0.572. The van der Waals surface area contributed by atoms with Crippen LogP contribution in [0.3, 0.4) is 0 Å². The topological polar surface area (TPSA) is 12.5 Å². The van der Waals surface area contributed by atoms with Gasteiger partial charge in [0, 0.05) is 0 Å². The monoisotopic (exact) mass is 222 g/mol. The van der Waals surface area contributed by atoms with Gasteiger partial charge in [-0.3, -0.25) is 0 Å². The van der Waals surface area contributed by atoms with Gasteiger partial charge in [0.15, 0.2) is 0 Å². The molecule has 3 aliphatic rings. The number of epoxide rings is 1. The highest BCUT2D eigenvalue weighted by Crippen LogP contribution is 2.35. The molecule has 0 amide bonds. The predicted molar refractivity (Wildman–Crippen MR) is 70.5 cm³/mol. The number of hydrogen-bond donors (Lipinski definition) is 0. The standard InChI is InChI=1S/C16H14O/c1-2-5-9-13-10-6-4-8-12-15-16(17-15)14(13)11-7-3-1/h1-12,15-16H. The molecular formula is C16H14O. The second-order valence-corrected chi connectivity index (χ2v) is 4.16. The fourth-order valence-electron chi connectivity index (χ4n) is 2.03. The van der Waals surface area contributed by atoms with Crippen LogP contribution < -0.4 is 0 Å². The lowest BCUT2D eigenvalue weighted by atomic mass is 9.99. The van der Waals surface area contributed by atoms with Gasteiger partial charge in [-0.25, -0.2) is 0 Å². The maximum Gasteiger partial charge on any atom is 0.114 e. The Morgan fingerprint density at radius 2 is 1.53 bits per heavy atom. The smallest absolute Gasteiger partial charge is 0.114 e. The third kappa shape index (κ3) is 2.29. The highest BCUT2D eigenvalue weighted by atomic mass is 16.6. The van der Waals surface area contributed by atoms with Gasteiger partial charge in [-0.05, 0) is 11.1 Å². The van der Waals surface area contributed by atoms with Crippen LogP contribution in [0.15, 0.2) is 84.1 Å². The molecule has 0 N–H and O–H groups in total. The van der Waals surface area contributed by atoms with Crippen LogP contribution in [0.25, 0.3) is 0 Å². The molecule has 2 atom stereocenters. The summed E-state index contributed by atoms with van der Waals surface area (Å²) in [6.45, 7) is 0. The molecule has 1 heteroatoms. The maximum absolute atomic E-state index is 5.68. The number of allylic oxidation sites excluding steroid dienone is 11. The van der Waals surface area contributed by atoms with Crippen molar-refractivity contribution >= 4 is 0 Å². The van der Waals surface area contributed by atoms with Gasteiger partial charge in [0.1, 0.15) is 12.2 Å². The van der Waals surface area contributed by atoms with Crippen molar-refractivity contribution in [3.05, 3.63) is 84.1 Å². The summed E-state index contributed by atoms with van der Waals surface area (Å²) in [5.74, 6) is 0. The van der Waals surface area contributed by atoms with Gasteiger partial charge in [-0.15, -0.1) is 0 Å².